The van der Waals surface area contributed by atoms with Gasteiger partial charge in [-0.3, -0.25) is 9.59 Å². The van der Waals surface area contributed by atoms with Crippen LogP contribution in [0.3, 0.4) is 0 Å². The number of aliphatic hydroxyl groups is 2. The van der Waals surface area contributed by atoms with Crippen LogP contribution in [0.15, 0.2) is 11.6 Å². The first-order valence-electron chi connectivity index (χ1n) is 10.4. The molecule has 0 saturated heterocycles. The largest absolute Gasteiger partial charge is 0.462 e. The molecule has 0 aliphatic heterocycles. The normalized spacial score (nSPS) is 51.0. The Hall–Kier alpha value is -1.20. The lowest BCUT2D eigenvalue weighted by Crippen LogP contribution is -2.65. The summed E-state index contributed by atoms with van der Waals surface area (Å²) in [6.45, 7) is 5.68. The zero-order valence-electron chi connectivity index (χ0n) is 16.6. The lowest BCUT2D eigenvalue weighted by Gasteiger charge is -2.66. The Morgan fingerprint density at radius 1 is 1.30 bits per heavy atom. The Labute approximate surface area is 161 Å². The van der Waals surface area contributed by atoms with Crippen LogP contribution in [0.2, 0.25) is 0 Å². The maximum atomic E-state index is 11.6. The number of esters is 1. The van der Waals surface area contributed by atoms with Gasteiger partial charge < -0.3 is 14.9 Å². The first-order valence-corrected chi connectivity index (χ1v) is 10.4. The lowest BCUT2D eigenvalue weighted by molar-refractivity contribution is -0.228. The van der Waals surface area contributed by atoms with Gasteiger partial charge in [0.05, 0.1) is 12.7 Å². The zero-order valence-corrected chi connectivity index (χ0v) is 16.6. The fraction of sp³-hybridized carbons (Fsp3) is 0.818. The van der Waals surface area contributed by atoms with Gasteiger partial charge in [-0.05, 0) is 67.3 Å². The molecule has 3 fully saturated rings. The minimum absolute atomic E-state index is 0.0484. The predicted octanol–water partition coefficient (Wildman–Crippen LogP) is 2.64. The Bertz CT molecular complexity index is 686. The van der Waals surface area contributed by atoms with Crippen molar-refractivity contribution in [2.75, 3.05) is 6.61 Å². The predicted molar refractivity (Wildman–Crippen MR) is 99.6 cm³/mol. The van der Waals surface area contributed by atoms with Gasteiger partial charge in [0.2, 0.25) is 0 Å². The number of allylic oxidation sites excluding steroid dienone is 1. The zero-order chi connectivity index (χ0) is 19.6. The molecular formula is C22H32O5. The smallest absolute Gasteiger partial charge is 0.302 e. The molecule has 5 heteroatoms. The molecule has 4 aliphatic carbocycles. The minimum Gasteiger partial charge on any atom is -0.462 e. The van der Waals surface area contributed by atoms with Crippen molar-refractivity contribution in [3.05, 3.63) is 11.6 Å². The van der Waals surface area contributed by atoms with E-state index in [-0.39, 0.29) is 47.3 Å². The second kappa shape index (κ2) is 6.15. The molecule has 5 nitrogen and oxygen atoms in total. The maximum absolute atomic E-state index is 11.6. The van der Waals surface area contributed by atoms with E-state index in [1.807, 2.05) is 6.92 Å². The molecular weight excluding hydrogens is 344 g/mol. The van der Waals surface area contributed by atoms with Crippen molar-refractivity contribution in [2.45, 2.75) is 71.5 Å². The van der Waals surface area contributed by atoms with Crippen LogP contribution in [0.4, 0.5) is 0 Å². The molecule has 0 radical (unpaired) electrons. The second-order valence-electron chi connectivity index (χ2n) is 10.0. The molecule has 0 aromatic carbocycles. The van der Waals surface area contributed by atoms with Gasteiger partial charge in [0.25, 0.3) is 0 Å². The molecule has 8 atom stereocenters. The average molecular weight is 376 g/mol. The van der Waals surface area contributed by atoms with Crippen LogP contribution in [-0.2, 0) is 14.3 Å². The van der Waals surface area contributed by atoms with Gasteiger partial charge in [0, 0.05) is 17.8 Å². The van der Waals surface area contributed by atoms with Crippen LogP contribution in [0.25, 0.3) is 0 Å². The van der Waals surface area contributed by atoms with Gasteiger partial charge in [-0.25, -0.2) is 0 Å². The van der Waals surface area contributed by atoms with Gasteiger partial charge in [0.1, 0.15) is 12.4 Å². The SMILES string of the molecule is CC(=O)O[C@@H]1CC[C@]2(C)[C@H](C[C@H](O)[C@]34C=C(C=O)[C@H](CC[C@@H]23)C4)[C@@]1(C)CO. The van der Waals surface area contributed by atoms with E-state index >= 15 is 0 Å². The number of aliphatic hydroxyl groups excluding tert-OH is 2. The third kappa shape index (κ3) is 2.43. The lowest BCUT2D eigenvalue weighted by atomic mass is 9.40. The number of hydrogen-bond acceptors (Lipinski definition) is 5. The van der Waals surface area contributed by atoms with E-state index in [2.05, 4.69) is 13.0 Å². The third-order valence-electron chi connectivity index (χ3n) is 8.89. The number of ether oxygens (including phenoxy) is 1. The number of carbonyl (C=O) groups excluding carboxylic acids is 2. The van der Waals surface area contributed by atoms with Crippen LogP contribution in [0, 0.1) is 34.0 Å². The summed E-state index contributed by atoms with van der Waals surface area (Å²) in [7, 11) is 0. The molecule has 150 valence electrons. The van der Waals surface area contributed by atoms with Crippen molar-refractivity contribution in [3.63, 3.8) is 0 Å². The average Bonchev–Trinajstić information content (AvgIpc) is 2.92. The van der Waals surface area contributed by atoms with Crippen LogP contribution in [0.5, 0.6) is 0 Å². The molecule has 0 amide bonds. The highest BCUT2D eigenvalue weighted by Crippen LogP contribution is 2.70. The Morgan fingerprint density at radius 3 is 2.67 bits per heavy atom. The van der Waals surface area contributed by atoms with Crippen molar-refractivity contribution < 1.29 is 24.5 Å². The summed E-state index contributed by atoms with van der Waals surface area (Å²) < 4.78 is 5.62. The number of carbonyl (C=O) groups is 2. The summed E-state index contributed by atoms with van der Waals surface area (Å²) in [5, 5.41) is 21.6. The fourth-order valence-electron chi connectivity index (χ4n) is 7.65. The topological polar surface area (TPSA) is 83.8 Å². The van der Waals surface area contributed by atoms with Crippen LogP contribution in [-0.4, -0.2) is 41.3 Å². The van der Waals surface area contributed by atoms with Crippen molar-refractivity contribution in [1.82, 2.24) is 0 Å². The van der Waals surface area contributed by atoms with E-state index in [9.17, 15) is 19.8 Å². The van der Waals surface area contributed by atoms with Crippen LogP contribution < -0.4 is 0 Å². The fourth-order valence-corrected chi connectivity index (χ4v) is 7.65. The second-order valence-corrected chi connectivity index (χ2v) is 10.0. The van der Waals surface area contributed by atoms with Gasteiger partial charge in [-0.2, -0.15) is 0 Å². The number of fused-ring (bicyclic) bond motifs is 3. The molecule has 0 unspecified atom stereocenters. The first kappa shape index (κ1) is 19.1. The van der Waals surface area contributed by atoms with Gasteiger partial charge in [-0.15, -0.1) is 0 Å². The van der Waals surface area contributed by atoms with Crippen molar-refractivity contribution in [2.24, 2.45) is 34.0 Å². The van der Waals surface area contributed by atoms with E-state index in [4.69, 9.17) is 4.74 Å². The van der Waals surface area contributed by atoms with E-state index in [0.717, 1.165) is 44.0 Å². The molecule has 4 rings (SSSR count). The highest BCUT2D eigenvalue weighted by atomic mass is 16.5. The number of aldehydes is 1. The summed E-state index contributed by atoms with van der Waals surface area (Å²) >= 11 is 0. The quantitative estimate of drug-likeness (QED) is 0.584. The minimum atomic E-state index is -0.562. The molecule has 2 N–H and O–H groups in total. The van der Waals surface area contributed by atoms with Gasteiger partial charge in [0.15, 0.2) is 0 Å². The Balaban J connectivity index is 1.75. The van der Waals surface area contributed by atoms with Gasteiger partial charge in [-0.1, -0.05) is 19.9 Å². The van der Waals surface area contributed by atoms with Crippen molar-refractivity contribution in [3.8, 4) is 0 Å². The van der Waals surface area contributed by atoms with Crippen molar-refractivity contribution >= 4 is 12.3 Å². The number of rotatable bonds is 3. The molecule has 4 aliphatic rings. The molecule has 3 saturated carbocycles. The highest BCUT2D eigenvalue weighted by Gasteiger charge is 2.67. The van der Waals surface area contributed by atoms with E-state index in [0.29, 0.717) is 6.42 Å². The van der Waals surface area contributed by atoms with E-state index in [1.54, 1.807) is 0 Å². The molecule has 0 aromatic rings. The molecule has 1 spiro atoms. The molecule has 2 bridgehead atoms. The standard InChI is InChI=1S/C22H32O5/c1-13(25)27-19-6-7-20(2)16-5-4-14-9-22(16,10-15(14)11-23)18(26)8-17(20)21(19,3)12-24/h10-11,14,16-19,24,26H,4-9,12H2,1-3H3/t14-,16+,17+,18+,19-,20+,21-,22-/m1/s1. The maximum Gasteiger partial charge on any atom is 0.302 e. The monoisotopic (exact) mass is 376 g/mol. The first-order chi connectivity index (χ1) is 12.7. The summed E-state index contributed by atoms with van der Waals surface area (Å²) in [5.41, 5.74) is -0.0482. The molecule has 0 heterocycles. The van der Waals surface area contributed by atoms with E-state index < -0.39 is 11.5 Å². The van der Waals surface area contributed by atoms with Gasteiger partial charge >= 0.3 is 5.97 Å². The number of hydrogen-bond donors (Lipinski definition) is 2. The molecule has 0 aromatic heterocycles. The van der Waals surface area contributed by atoms with Crippen molar-refractivity contribution in [1.29, 1.82) is 0 Å². The summed E-state index contributed by atoms with van der Waals surface area (Å²) in [6.07, 6.45) is 7.34. The van der Waals surface area contributed by atoms with Crippen LogP contribution in [0.1, 0.15) is 59.3 Å². The highest BCUT2D eigenvalue weighted by molar-refractivity contribution is 5.75. The Kier molecular flexibility index (Phi) is 4.36. The third-order valence-corrected chi connectivity index (χ3v) is 8.89. The van der Waals surface area contributed by atoms with E-state index in [1.165, 1.54) is 6.92 Å². The summed E-state index contributed by atoms with van der Waals surface area (Å²) in [6, 6.07) is 0. The van der Waals surface area contributed by atoms with Crippen LogP contribution >= 0.6 is 0 Å². The summed E-state index contributed by atoms with van der Waals surface area (Å²) in [4.78, 5) is 23.2. The molecule has 27 heavy (non-hydrogen) atoms. The summed E-state index contributed by atoms with van der Waals surface area (Å²) in [5.74, 6) is 0.335. The Morgan fingerprint density at radius 2 is 2.04 bits per heavy atom.